The van der Waals surface area contributed by atoms with E-state index >= 15 is 0 Å². The van der Waals surface area contributed by atoms with Crippen molar-refractivity contribution in [3.8, 4) is 101 Å². The standard InChI is InChI=1S/C48H29N3.C33H27BO2.C21H14ClN3.BH4/c1-3-11-30(12-4-1)31-21-25-35(26-22-31)46-49-45(34-13-5-2-6-14-34)50-47(51-46)36-27-28-40-38(29-36)37-17-7-8-18-39(37)48(40)41-19-9-15-32-23-24-33-16-10-20-42(48)44(33)43(32)41;1-31(2)32(3,4)36-34(35-31)22-17-18-26-24(19-22)23-11-5-6-12-25(23)33(26)27-13-7-9-20-15-16-21-10-8-14-28(33)30(21)29(20)27;22-21-24-19(17-9-5-2-6-10-17)23-20(25-21)18-13-11-16(12-14-18)15-7-3-1-4-8-15;/h1-29H;5-19H,1-4H3;1-14H;1H4/q;;;-1. The van der Waals surface area contributed by atoms with Crippen LogP contribution in [0.1, 0.15) is 72.2 Å². The third kappa shape index (κ3) is 10.9. The molecule has 0 N–H and O–H groups in total. The van der Waals surface area contributed by atoms with Gasteiger partial charge in [-0.25, -0.2) is 19.9 Å². The largest absolute Gasteiger partial charge is 0.494 e. The summed E-state index contributed by atoms with van der Waals surface area (Å²) in [6.07, 6.45) is 0. The molecule has 3 heterocycles. The molecule has 113 heavy (non-hydrogen) atoms. The molecule has 18 aromatic rings. The predicted molar refractivity (Wildman–Crippen MR) is 468 cm³/mol. The molecule has 1 fully saturated rings. The van der Waals surface area contributed by atoms with Crippen molar-refractivity contribution in [3.63, 3.8) is 0 Å². The van der Waals surface area contributed by atoms with Gasteiger partial charge in [-0.1, -0.05) is 354 Å². The molecular weight excluding hydrogens is 1400 g/mol. The lowest BCUT2D eigenvalue weighted by Gasteiger charge is -2.32. The van der Waals surface area contributed by atoms with Gasteiger partial charge in [0.05, 0.1) is 22.0 Å². The van der Waals surface area contributed by atoms with Crippen LogP contribution < -0.4 is 5.46 Å². The number of aromatic nitrogens is 6. The second kappa shape index (κ2) is 26.9. The lowest BCUT2D eigenvalue weighted by Crippen LogP contribution is -2.41. The normalized spacial score (nSPS) is 14.5. The highest BCUT2D eigenvalue weighted by molar-refractivity contribution is 6.62. The summed E-state index contributed by atoms with van der Waals surface area (Å²) in [5, 5.41) is 10.9. The molecule has 23 rings (SSSR count). The molecular formula is C102H74B2ClN6O2-. The van der Waals surface area contributed by atoms with Gasteiger partial charge < -0.3 is 9.31 Å². The fourth-order valence-electron chi connectivity index (χ4n) is 18.3. The van der Waals surface area contributed by atoms with Gasteiger partial charge in [-0.3, -0.25) is 0 Å². The molecule has 538 valence electrons. The van der Waals surface area contributed by atoms with Gasteiger partial charge in [0.15, 0.2) is 29.1 Å². The van der Waals surface area contributed by atoms with Gasteiger partial charge in [0.1, 0.15) is 0 Å². The van der Waals surface area contributed by atoms with E-state index in [-0.39, 0.29) is 37.4 Å². The fraction of sp³-hybridized carbons (Fsp3) is 0.0784. The van der Waals surface area contributed by atoms with E-state index in [1.54, 1.807) is 0 Å². The molecule has 2 spiro atoms. The van der Waals surface area contributed by atoms with E-state index in [1.807, 2.05) is 84.9 Å². The smallest absolute Gasteiger partial charge is 0.399 e. The zero-order valence-electron chi connectivity index (χ0n) is 61.9. The molecule has 0 atom stereocenters. The summed E-state index contributed by atoms with van der Waals surface area (Å²) in [6.45, 7) is 8.45. The van der Waals surface area contributed by atoms with Crippen LogP contribution in [-0.4, -0.2) is 56.6 Å². The minimum atomic E-state index is -0.396. The molecule has 2 aromatic heterocycles. The van der Waals surface area contributed by atoms with Gasteiger partial charge in [-0.2, -0.15) is 9.97 Å². The van der Waals surface area contributed by atoms with Crippen molar-refractivity contribution in [2.24, 2.45) is 0 Å². The topological polar surface area (TPSA) is 95.8 Å². The highest BCUT2D eigenvalue weighted by Crippen LogP contribution is 2.64. The van der Waals surface area contributed by atoms with Crippen LogP contribution in [0.15, 0.2) is 352 Å². The molecule has 11 heteroatoms. The highest BCUT2D eigenvalue weighted by atomic mass is 35.5. The first kappa shape index (κ1) is 69.1. The summed E-state index contributed by atoms with van der Waals surface area (Å²) in [4.78, 5) is 28.3. The Bertz CT molecular complexity index is 6700. The number of fused-ring (bicyclic) bond motifs is 14. The zero-order chi connectivity index (χ0) is 75.0. The second-order valence-electron chi connectivity index (χ2n) is 30.7. The van der Waals surface area contributed by atoms with E-state index in [2.05, 4.69) is 310 Å². The lowest BCUT2D eigenvalue weighted by molar-refractivity contribution is 0.00578. The first-order chi connectivity index (χ1) is 54.9. The molecule has 8 nitrogen and oxygen atoms in total. The molecule has 16 aromatic carbocycles. The fourth-order valence-corrected chi connectivity index (χ4v) is 18.5. The Morgan fingerprint density at radius 1 is 0.239 bits per heavy atom. The Balaban J connectivity index is 0.000000117. The number of hydrogen-bond acceptors (Lipinski definition) is 8. The second-order valence-corrected chi connectivity index (χ2v) is 31.0. The molecule has 1 aliphatic heterocycles. The average Bonchev–Trinajstić information content (AvgIpc) is 1.51. The first-order valence-electron chi connectivity index (χ1n) is 38.3. The van der Waals surface area contributed by atoms with E-state index < -0.39 is 5.41 Å². The van der Waals surface area contributed by atoms with Crippen LogP contribution in [-0.2, 0) is 20.1 Å². The van der Waals surface area contributed by atoms with Crippen molar-refractivity contribution in [1.82, 2.24) is 29.9 Å². The molecule has 0 radical (unpaired) electrons. The molecule has 0 bridgehead atoms. The summed E-state index contributed by atoms with van der Waals surface area (Å²) < 4.78 is 12.9. The Kier molecular flexibility index (Phi) is 16.4. The Labute approximate surface area is 663 Å². The van der Waals surface area contributed by atoms with Crippen molar-refractivity contribution in [2.75, 3.05) is 0 Å². The maximum atomic E-state index is 6.44. The monoisotopic (exact) mass is 1470 g/mol. The predicted octanol–water partition coefficient (Wildman–Crippen LogP) is 22.6. The SMILES string of the molecule is CC1(C)OB(c2ccc3c(c2)-c2ccccc2C32c3cccc4ccc5cccc2c5c34)OC1(C)C.Clc1nc(-c2ccccc2)nc(-c2ccc(-c3ccccc3)cc2)n1.[BH4-].c1ccc(-c2ccc(-c3nc(-c4ccccc4)nc(-c4ccc5c(c4)-c4ccccc4C54c5cccc6ccc7cccc4c7c56)n3)cc2)cc1. The summed E-state index contributed by atoms with van der Waals surface area (Å²) in [6, 6.07) is 125. The van der Waals surface area contributed by atoms with E-state index in [9.17, 15) is 0 Å². The molecule has 0 amide bonds. The molecule has 0 unspecified atom stereocenters. The van der Waals surface area contributed by atoms with Gasteiger partial charge in [0.25, 0.3) is 0 Å². The minimum Gasteiger partial charge on any atom is -0.399 e. The maximum Gasteiger partial charge on any atom is 0.494 e. The van der Waals surface area contributed by atoms with Crippen LogP contribution in [0.3, 0.4) is 0 Å². The summed E-state index contributed by atoms with van der Waals surface area (Å²) in [7, 11) is -0.378. The van der Waals surface area contributed by atoms with Crippen molar-refractivity contribution in [3.05, 3.63) is 402 Å². The minimum absolute atomic E-state index is 0. The van der Waals surface area contributed by atoms with Crippen LogP contribution in [0.25, 0.3) is 145 Å². The van der Waals surface area contributed by atoms with E-state index in [0.29, 0.717) is 29.1 Å². The number of benzene rings is 16. The Hall–Kier alpha value is -13.1. The number of hydrogen-bond donors (Lipinski definition) is 0. The van der Waals surface area contributed by atoms with Gasteiger partial charge in [0, 0.05) is 27.8 Å². The average molecular weight is 1470 g/mol. The quantitative estimate of drug-likeness (QED) is 0.110. The summed E-state index contributed by atoms with van der Waals surface area (Å²) >= 11 is 6.11. The van der Waals surface area contributed by atoms with Crippen molar-refractivity contribution >= 4 is 75.7 Å². The van der Waals surface area contributed by atoms with E-state index in [4.69, 9.17) is 35.9 Å². The molecule has 5 aliphatic rings. The van der Waals surface area contributed by atoms with Crippen LogP contribution in [0.2, 0.25) is 5.28 Å². The van der Waals surface area contributed by atoms with Gasteiger partial charge >= 0.3 is 7.12 Å². The summed E-state index contributed by atoms with van der Waals surface area (Å²) in [5.74, 6) is 3.11. The van der Waals surface area contributed by atoms with Gasteiger partial charge in [0.2, 0.25) is 5.28 Å². The number of halogens is 1. The zero-order valence-corrected chi connectivity index (χ0v) is 62.7. The van der Waals surface area contributed by atoms with Crippen molar-refractivity contribution in [2.45, 2.75) is 49.7 Å². The van der Waals surface area contributed by atoms with Gasteiger partial charge in [-0.15, -0.1) is 0 Å². The van der Waals surface area contributed by atoms with Crippen molar-refractivity contribution < 1.29 is 9.31 Å². The lowest BCUT2D eigenvalue weighted by atomic mass is 9.69. The van der Waals surface area contributed by atoms with Crippen molar-refractivity contribution in [1.29, 1.82) is 0 Å². The van der Waals surface area contributed by atoms with Crippen LogP contribution in [0.5, 0.6) is 0 Å². The van der Waals surface area contributed by atoms with Gasteiger partial charge in [-0.05, 0) is 183 Å². The number of rotatable bonds is 8. The molecule has 0 saturated carbocycles. The maximum absolute atomic E-state index is 6.44. The molecule has 4 aliphatic carbocycles. The Morgan fingerprint density at radius 3 is 0.903 bits per heavy atom. The number of nitrogens with zero attached hydrogens (tertiary/aromatic N) is 6. The first-order valence-corrected chi connectivity index (χ1v) is 38.6. The van der Waals surface area contributed by atoms with Crippen LogP contribution in [0.4, 0.5) is 0 Å². The van der Waals surface area contributed by atoms with Crippen LogP contribution in [0, 0.1) is 0 Å². The van der Waals surface area contributed by atoms with Crippen LogP contribution >= 0.6 is 11.6 Å². The third-order valence-corrected chi connectivity index (χ3v) is 24.3. The Morgan fingerprint density at radius 2 is 0.513 bits per heavy atom. The van der Waals surface area contributed by atoms with E-state index in [0.717, 1.165) is 44.4 Å². The van der Waals surface area contributed by atoms with E-state index in [1.165, 1.54) is 121 Å². The third-order valence-electron chi connectivity index (χ3n) is 24.1. The highest BCUT2D eigenvalue weighted by Gasteiger charge is 2.55. The summed E-state index contributed by atoms with van der Waals surface area (Å²) in [5.41, 5.74) is 24.9. The molecule has 1 saturated heterocycles.